The maximum atomic E-state index is 12.5. The van der Waals surface area contributed by atoms with E-state index in [9.17, 15) is 18.0 Å². The first-order valence-corrected chi connectivity index (χ1v) is 6.24. The Hall–Kier alpha value is -1.36. The van der Waals surface area contributed by atoms with Gasteiger partial charge in [0.2, 0.25) is 0 Å². The van der Waals surface area contributed by atoms with Crippen molar-refractivity contribution in [2.45, 2.75) is 26.4 Å². The van der Waals surface area contributed by atoms with Gasteiger partial charge in [-0.1, -0.05) is 32.0 Å². The number of carbonyl (C=O) groups excluding carboxylic acids is 1. The van der Waals surface area contributed by atoms with Crippen molar-refractivity contribution in [3.63, 3.8) is 0 Å². The van der Waals surface area contributed by atoms with Gasteiger partial charge in [-0.3, -0.25) is 4.79 Å². The molecule has 0 aliphatic carbocycles. The second kappa shape index (κ2) is 6.70. The van der Waals surface area contributed by atoms with E-state index in [-0.39, 0.29) is 18.1 Å². The lowest BCUT2D eigenvalue weighted by Gasteiger charge is -2.12. The van der Waals surface area contributed by atoms with Crippen LogP contribution in [0.15, 0.2) is 24.3 Å². The number of hydrogen-bond donors (Lipinski definition) is 1. The van der Waals surface area contributed by atoms with E-state index in [0.29, 0.717) is 12.1 Å². The van der Waals surface area contributed by atoms with E-state index in [4.69, 9.17) is 0 Å². The van der Waals surface area contributed by atoms with E-state index in [0.717, 1.165) is 18.7 Å². The summed E-state index contributed by atoms with van der Waals surface area (Å²) in [6, 6.07) is 4.93. The average Bonchev–Trinajstić information content (AvgIpc) is 2.35. The zero-order valence-electron chi connectivity index (χ0n) is 11.1. The minimum absolute atomic E-state index is 0.0382. The highest BCUT2D eigenvalue weighted by atomic mass is 19.4. The predicted octanol–water partition coefficient (Wildman–Crippen LogP) is 3.06. The summed E-state index contributed by atoms with van der Waals surface area (Å²) in [6.07, 6.45) is -4.33. The van der Waals surface area contributed by atoms with Crippen molar-refractivity contribution in [1.82, 2.24) is 5.32 Å². The third-order valence-electron chi connectivity index (χ3n) is 2.88. The van der Waals surface area contributed by atoms with Crippen molar-refractivity contribution in [1.29, 1.82) is 0 Å². The highest BCUT2D eigenvalue weighted by Gasteiger charge is 2.30. The van der Waals surface area contributed by atoms with Gasteiger partial charge in [0.05, 0.1) is 5.56 Å². The Labute approximate surface area is 111 Å². The van der Waals surface area contributed by atoms with Gasteiger partial charge in [0.1, 0.15) is 5.78 Å². The first-order chi connectivity index (χ1) is 8.84. The molecule has 0 saturated heterocycles. The number of benzene rings is 1. The number of alkyl halides is 3. The SMILES string of the molecule is CCNCC(C)C(=O)Cc1cccc(C(F)(F)F)c1. The molecule has 0 aromatic heterocycles. The number of Topliss-reactive ketones (excluding diaryl/α,β-unsaturated/α-hetero) is 1. The summed E-state index contributed by atoms with van der Waals surface area (Å²) >= 11 is 0. The van der Waals surface area contributed by atoms with Crippen LogP contribution in [0.4, 0.5) is 13.2 Å². The second-order valence-electron chi connectivity index (χ2n) is 4.55. The Morgan fingerprint density at radius 1 is 1.37 bits per heavy atom. The van der Waals surface area contributed by atoms with E-state index in [1.165, 1.54) is 6.07 Å². The third-order valence-corrected chi connectivity index (χ3v) is 2.88. The van der Waals surface area contributed by atoms with Crippen molar-refractivity contribution >= 4 is 5.78 Å². The molecule has 1 N–H and O–H groups in total. The second-order valence-corrected chi connectivity index (χ2v) is 4.55. The molecule has 19 heavy (non-hydrogen) atoms. The van der Waals surface area contributed by atoms with Crippen LogP contribution < -0.4 is 5.32 Å². The fourth-order valence-electron chi connectivity index (χ4n) is 1.71. The average molecular weight is 273 g/mol. The minimum atomic E-state index is -4.37. The molecule has 2 nitrogen and oxygen atoms in total. The topological polar surface area (TPSA) is 29.1 Å². The lowest BCUT2D eigenvalue weighted by Crippen LogP contribution is -2.27. The van der Waals surface area contributed by atoms with Crippen molar-refractivity contribution in [3.05, 3.63) is 35.4 Å². The highest BCUT2D eigenvalue weighted by Crippen LogP contribution is 2.29. The number of nitrogens with one attached hydrogen (secondary N) is 1. The van der Waals surface area contributed by atoms with E-state index in [2.05, 4.69) is 5.32 Å². The molecule has 0 amide bonds. The summed E-state index contributed by atoms with van der Waals surface area (Å²) in [4.78, 5) is 11.9. The van der Waals surface area contributed by atoms with Crippen LogP contribution in [0.2, 0.25) is 0 Å². The molecule has 0 aliphatic heterocycles. The lowest BCUT2D eigenvalue weighted by atomic mass is 9.98. The van der Waals surface area contributed by atoms with Gasteiger partial charge in [0.25, 0.3) is 0 Å². The van der Waals surface area contributed by atoms with E-state index in [1.807, 2.05) is 6.92 Å². The molecule has 1 aromatic carbocycles. The summed E-state index contributed by atoms with van der Waals surface area (Å²) in [7, 11) is 0. The van der Waals surface area contributed by atoms with Gasteiger partial charge in [0, 0.05) is 18.9 Å². The van der Waals surface area contributed by atoms with Gasteiger partial charge >= 0.3 is 6.18 Å². The molecule has 106 valence electrons. The molecule has 0 spiro atoms. The van der Waals surface area contributed by atoms with E-state index < -0.39 is 11.7 Å². The first-order valence-electron chi connectivity index (χ1n) is 6.24. The largest absolute Gasteiger partial charge is 0.416 e. The molecule has 0 heterocycles. The fourth-order valence-corrected chi connectivity index (χ4v) is 1.71. The molecular weight excluding hydrogens is 255 g/mol. The Bertz CT molecular complexity index is 429. The molecule has 0 saturated carbocycles. The summed E-state index contributed by atoms with van der Waals surface area (Å²) in [6.45, 7) is 5.03. The van der Waals surface area contributed by atoms with Crippen LogP contribution in [0.25, 0.3) is 0 Å². The van der Waals surface area contributed by atoms with Gasteiger partial charge in [-0.15, -0.1) is 0 Å². The molecule has 0 aliphatic rings. The number of ketones is 1. The first kappa shape index (κ1) is 15.7. The van der Waals surface area contributed by atoms with Crippen LogP contribution in [0.3, 0.4) is 0 Å². The van der Waals surface area contributed by atoms with Crippen molar-refractivity contribution in [3.8, 4) is 0 Å². The maximum absolute atomic E-state index is 12.5. The van der Waals surface area contributed by atoms with E-state index in [1.54, 1.807) is 13.0 Å². The van der Waals surface area contributed by atoms with Crippen LogP contribution in [0.5, 0.6) is 0 Å². The molecule has 0 bridgehead atoms. The monoisotopic (exact) mass is 273 g/mol. The zero-order chi connectivity index (χ0) is 14.5. The molecule has 1 atom stereocenters. The molecule has 0 fully saturated rings. The Balaban J connectivity index is 2.69. The smallest absolute Gasteiger partial charge is 0.316 e. The van der Waals surface area contributed by atoms with Crippen LogP contribution >= 0.6 is 0 Å². The molecule has 1 aromatic rings. The van der Waals surface area contributed by atoms with Crippen molar-refractivity contribution < 1.29 is 18.0 Å². The highest BCUT2D eigenvalue weighted by molar-refractivity contribution is 5.83. The quantitative estimate of drug-likeness (QED) is 0.863. The normalized spacial score (nSPS) is 13.3. The number of carbonyl (C=O) groups is 1. The Kier molecular flexibility index (Phi) is 5.54. The van der Waals surface area contributed by atoms with Crippen LogP contribution in [-0.2, 0) is 17.4 Å². The molecule has 1 unspecified atom stereocenters. The van der Waals surface area contributed by atoms with Crippen LogP contribution in [0.1, 0.15) is 25.0 Å². The van der Waals surface area contributed by atoms with Crippen molar-refractivity contribution in [2.75, 3.05) is 13.1 Å². The standard InChI is InChI=1S/C14H18F3NO/c1-3-18-9-10(2)13(19)8-11-5-4-6-12(7-11)14(15,16)17/h4-7,10,18H,3,8-9H2,1-2H3. The van der Waals surface area contributed by atoms with Gasteiger partial charge in [-0.25, -0.2) is 0 Å². The van der Waals surface area contributed by atoms with Crippen LogP contribution in [0, 0.1) is 5.92 Å². The van der Waals surface area contributed by atoms with E-state index >= 15 is 0 Å². The van der Waals surface area contributed by atoms with Gasteiger partial charge in [0.15, 0.2) is 0 Å². The Morgan fingerprint density at radius 3 is 2.63 bits per heavy atom. The summed E-state index contributed by atoms with van der Waals surface area (Å²) in [5.41, 5.74) is -0.305. The van der Waals surface area contributed by atoms with Gasteiger partial charge in [-0.2, -0.15) is 13.2 Å². The Morgan fingerprint density at radius 2 is 2.05 bits per heavy atom. The molecule has 1 rings (SSSR count). The summed E-state index contributed by atoms with van der Waals surface area (Å²) in [5.74, 6) is -0.255. The zero-order valence-corrected chi connectivity index (χ0v) is 11.1. The number of halogens is 3. The fraction of sp³-hybridized carbons (Fsp3) is 0.500. The van der Waals surface area contributed by atoms with Gasteiger partial charge in [-0.05, 0) is 18.2 Å². The predicted molar refractivity (Wildman–Crippen MR) is 67.9 cm³/mol. The maximum Gasteiger partial charge on any atom is 0.416 e. The third kappa shape index (κ3) is 5.03. The van der Waals surface area contributed by atoms with Crippen molar-refractivity contribution in [2.24, 2.45) is 5.92 Å². The molecular formula is C14H18F3NO. The molecule has 5 heteroatoms. The minimum Gasteiger partial charge on any atom is -0.316 e. The number of rotatable bonds is 6. The number of hydrogen-bond acceptors (Lipinski definition) is 2. The summed E-state index contributed by atoms with van der Waals surface area (Å²) < 4.78 is 37.6. The summed E-state index contributed by atoms with van der Waals surface area (Å²) in [5, 5.41) is 3.05. The van der Waals surface area contributed by atoms with Gasteiger partial charge < -0.3 is 5.32 Å². The molecule has 0 radical (unpaired) electrons. The lowest BCUT2D eigenvalue weighted by molar-refractivity contribution is -0.137. The van der Waals surface area contributed by atoms with Crippen LogP contribution in [-0.4, -0.2) is 18.9 Å².